The van der Waals surface area contributed by atoms with Gasteiger partial charge in [-0.15, -0.1) is 0 Å². The number of likely N-dealkylation sites (N-methyl/N-ethyl adjacent to an activating group) is 1. The second-order valence-electron chi connectivity index (χ2n) is 4.72. The molecule has 1 nitrogen and oxygen atoms in total. The van der Waals surface area contributed by atoms with E-state index in [1.165, 1.54) is 6.07 Å². The van der Waals surface area contributed by atoms with Crippen LogP contribution in [0.25, 0.3) is 0 Å². The topological polar surface area (TPSA) is 12.0 Å². The number of halogens is 4. The molecule has 0 aliphatic heterocycles. The summed E-state index contributed by atoms with van der Waals surface area (Å²) in [6.07, 6.45) is 0.637. The number of benzene rings is 2. The maximum Gasteiger partial charge on any atom is 0.129 e. The zero-order valence-corrected chi connectivity index (χ0v) is 15.4. The molecule has 0 saturated carbocycles. The molecule has 21 heavy (non-hydrogen) atoms. The number of hydrogen-bond donors (Lipinski definition) is 1. The van der Waals surface area contributed by atoms with E-state index in [2.05, 4.69) is 37.2 Å². The lowest BCUT2D eigenvalue weighted by Crippen LogP contribution is -2.24. The minimum Gasteiger partial charge on any atom is -0.310 e. The van der Waals surface area contributed by atoms with Crippen molar-refractivity contribution in [3.8, 4) is 0 Å². The summed E-state index contributed by atoms with van der Waals surface area (Å²) in [6, 6.07) is 10.8. The van der Waals surface area contributed by atoms with E-state index in [4.69, 9.17) is 11.6 Å². The zero-order valence-electron chi connectivity index (χ0n) is 11.5. The van der Waals surface area contributed by atoms with Crippen molar-refractivity contribution in [2.45, 2.75) is 19.4 Å². The molecule has 0 aliphatic rings. The van der Waals surface area contributed by atoms with Crippen molar-refractivity contribution in [3.63, 3.8) is 0 Å². The van der Waals surface area contributed by atoms with E-state index in [-0.39, 0.29) is 11.9 Å². The van der Waals surface area contributed by atoms with E-state index in [9.17, 15) is 4.39 Å². The fourth-order valence-corrected chi connectivity index (χ4v) is 3.31. The van der Waals surface area contributed by atoms with Crippen LogP contribution in [0, 0.1) is 5.82 Å². The lowest BCUT2D eigenvalue weighted by molar-refractivity contribution is 0.509. The van der Waals surface area contributed by atoms with Crippen LogP contribution < -0.4 is 5.32 Å². The number of hydrogen-bond acceptors (Lipinski definition) is 1. The van der Waals surface area contributed by atoms with Gasteiger partial charge in [0, 0.05) is 25.6 Å². The van der Waals surface area contributed by atoms with Crippen LogP contribution >= 0.6 is 43.5 Å². The highest BCUT2D eigenvalue weighted by molar-refractivity contribution is 9.10. The molecular weight excluding hydrogens is 420 g/mol. The van der Waals surface area contributed by atoms with Crippen LogP contribution in [0.3, 0.4) is 0 Å². The zero-order chi connectivity index (χ0) is 15.4. The van der Waals surface area contributed by atoms with Gasteiger partial charge in [0.15, 0.2) is 0 Å². The highest BCUT2D eigenvalue weighted by Crippen LogP contribution is 2.28. The Hall–Kier alpha value is -0.420. The van der Waals surface area contributed by atoms with Crippen LogP contribution in [-0.2, 0) is 6.42 Å². The normalized spacial score (nSPS) is 12.4. The van der Waals surface area contributed by atoms with E-state index < -0.39 is 0 Å². The van der Waals surface area contributed by atoms with E-state index in [1.807, 2.05) is 31.2 Å². The second kappa shape index (κ2) is 7.73. The summed E-state index contributed by atoms with van der Waals surface area (Å²) in [5.74, 6) is -0.219. The lowest BCUT2D eigenvalue weighted by atomic mass is 9.98. The van der Waals surface area contributed by atoms with Gasteiger partial charge in [0.2, 0.25) is 0 Å². The first-order valence-electron chi connectivity index (χ1n) is 6.63. The average Bonchev–Trinajstić information content (AvgIpc) is 2.41. The summed E-state index contributed by atoms with van der Waals surface area (Å²) in [5, 5.41) is 4.01. The van der Waals surface area contributed by atoms with Gasteiger partial charge in [-0.05, 0) is 42.8 Å². The Morgan fingerprint density at radius 1 is 1.14 bits per heavy atom. The summed E-state index contributed by atoms with van der Waals surface area (Å²) in [4.78, 5) is 0. The van der Waals surface area contributed by atoms with E-state index >= 15 is 0 Å². The van der Waals surface area contributed by atoms with Crippen LogP contribution in [0.15, 0.2) is 45.3 Å². The van der Waals surface area contributed by atoms with Gasteiger partial charge in [-0.3, -0.25) is 0 Å². The highest BCUT2D eigenvalue weighted by atomic mass is 79.9. The Labute approximate surface area is 146 Å². The number of nitrogens with one attached hydrogen (secondary N) is 1. The van der Waals surface area contributed by atoms with Gasteiger partial charge in [0.25, 0.3) is 0 Å². The molecular formula is C16H15Br2ClFN. The van der Waals surface area contributed by atoms with Gasteiger partial charge in [0.1, 0.15) is 5.82 Å². The average molecular weight is 436 g/mol. The minimum atomic E-state index is -0.219. The third kappa shape index (κ3) is 4.52. The van der Waals surface area contributed by atoms with Gasteiger partial charge in [-0.25, -0.2) is 4.39 Å². The van der Waals surface area contributed by atoms with Crippen molar-refractivity contribution < 1.29 is 4.39 Å². The van der Waals surface area contributed by atoms with Crippen LogP contribution in [0.4, 0.5) is 4.39 Å². The summed E-state index contributed by atoms with van der Waals surface area (Å²) >= 11 is 12.9. The molecule has 0 bridgehead atoms. The highest BCUT2D eigenvalue weighted by Gasteiger charge is 2.17. The van der Waals surface area contributed by atoms with Crippen molar-refractivity contribution in [2.24, 2.45) is 0 Å². The molecule has 1 atom stereocenters. The molecule has 112 valence electrons. The van der Waals surface area contributed by atoms with Crippen LogP contribution in [0.2, 0.25) is 5.02 Å². The molecule has 0 aliphatic carbocycles. The Morgan fingerprint density at radius 3 is 2.43 bits per heavy atom. The predicted octanol–water partition coefficient (Wildman–Crippen LogP) is 5.90. The first-order valence-corrected chi connectivity index (χ1v) is 8.60. The summed E-state index contributed by atoms with van der Waals surface area (Å²) in [7, 11) is 0. The van der Waals surface area contributed by atoms with Crippen LogP contribution in [0.1, 0.15) is 24.1 Å². The first-order chi connectivity index (χ1) is 10.0. The molecule has 0 aromatic heterocycles. The van der Waals surface area contributed by atoms with Crippen molar-refractivity contribution in [1.82, 2.24) is 5.32 Å². The predicted molar refractivity (Wildman–Crippen MR) is 93.4 cm³/mol. The summed E-state index contributed by atoms with van der Waals surface area (Å²) in [5.41, 5.74) is 1.65. The molecule has 1 unspecified atom stereocenters. The SMILES string of the molecule is CCNC(Cc1ccc(Br)cc1Cl)c1ccc(Br)cc1F. The van der Waals surface area contributed by atoms with E-state index in [0.29, 0.717) is 17.0 Å². The molecule has 0 fully saturated rings. The van der Waals surface area contributed by atoms with Gasteiger partial charge in [-0.2, -0.15) is 0 Å². The molecule has 0 amide bonds. The van der Waals surface area contributed by atoms with Gasteiger partial charge >= 0.3 is 0 Å². The summed E-state index contributed by atoms with van der Waals surface area (Å²) < 4.78 is 15.9. The van der Waals surface area contributed by atoms with Crippen molar-refractivity contribution >= 4 is 43.5 Å². The molecule has 0 spiro atoms. The van der Waals surface area contributed by atoms with Gasteiger partial charge in [-0.1, -0.05) is 62.5 Å². The van der Waals surface area contributed by atoms with Gasteiger partial charge < -0.3 is 5.32 Å². The van der Waals surface area contributed by atoms with Crippen molar-refractivity contribution in [1.29, 1.82) is 0 Å². The Bertz CT molecular complexity index is 634. The molecule has 2 aromatic carbocycles. The Balaban J connectivity index is 2.30. The van der Waals surface area contributed by atoms with E-state index in [1.54, 1.807) is 6.07 Å². The molecule has 2 rings (SSSR count). The smallest absolute Gasteiger partial charge is 0.129 e. The fraction of sp³-hybridized carbons (Fsp3) is 0.250. The third-order valence-corrected chi connectivity index (χ3v) is 4.57. The maximum atomic E-state index is 14.2. The largest absolute Gasteiger partial charge is 0.310 e. The number of rotatable bonds is 5. The standard InChI is InChI=1S/C16H15Br2ClFN/c1-2-21-16(13-6-5-12(18)9-15(13)20)7-10-3-4-11(17)8-14(10)19/h3-6,8-9,16,21H,2,7H2,1H3. The maximum absolute atomic E-state index is 14.2. The molecule has 1 N–H and O–H groups in total. The molecule has 0 heterocycles. The lowest BCUT2D eigenvalue weighted by Gasteiger charge is -2.20. The molecule has 5 heteroatoms. The van der Waals surface area contributed by atoms with Gasteiger partial charge in [0.05, 0.1) is 0 Å². The van der Waals surface area contributed by atoms with Crippen molar-refractivity contribution in [3.05, 3.63) is 67.3 Å². The van der Waals surface area contributed by atoms with Crippen LogP contribution in [-0.4, -0.2) is 6.54 Å². The fourth-order valence-electron chi connectivity index (χ4n) is 2.23. The Morgan fingerprint density at radius 2 is 1.81 bits per heavy atom. The molecule has 0 saturated heterocycles. The quantitative estimate of drug-likeness (QED) is 0.617. The van der Waals surface area contributed by atoms with Crippen molar-refractivity contribution in [2.75, 3.05) is 6.54 Å². The Kier molecular flexibility index (Phi) is 6.23. The van der Waals surface area contributed by atoms with E-state index in [0.717, 1.165) is 21.1 Å². The first kappa shape index (κ1) is 16.9. The molecule has 2 aromatic rings. The molecule has 0 radical (unpaired) electrons. The minimum absolute atomic E-state index is 0.109. The second-order valence-corrected chi connectivity index (χ2v) is 6.95. The third-order valence-electron chi connectivity index (χ3n) is 3.23. The van der Waals surface area contributed by atoms with Crippen LogP contribution in [0.5, 0.6) is 0 Å². The summed E-state index contributed by atoms with van der Waals surface area (Å²) in [6.45, 7) is 2.77. The monoisotopic (exact) mass is 433 g/mol.